The van der Waals surface area contributed by atoms with E-state index in [1.165, 1.54) is 0 Å². The topological polar surface area (TPSA) is 43.6 Å². The summed E-state index contributed by atoms with van der Waals surface area (Å²) in [7, 11) is 0. The van der Waals surface area contributed by atoms with Gasteiger partial charge in [0.05, 0.1) is 15.9 Å². The molecule has 4 nitrogen and oxygen atoms in total. The number of rotatable bonds is 1. The Hall–Kier alpha value is -0.940. The summed E-state index contributed by atoms with van der Waals surface area (Å²) in [5.74, 6) is 0.668. The van der Waals surface area contributed by atoms with E-state index in [2.05, 4.69) is 31.0 Å². The summed E-state index contributed by atoms with van der Waals surface area (Å²) in [6, 6.07) is 1.76. The predicted octanol–water partition coefficient (Wildman–Crippen LogP) is 2.70. The van der Waals surface area contributed by atoms with Crippen molar-refractivity contribution < 1.29 is 0 Å². The summed E-state index contributed by atoms with van der Waals surface area (Å²) in [6.45, 7) is 3.89. The van der Waals surface area contributed by atoms with Crippen LogP contribution < -0.4 is 0 Å². The molecule has 2 aromatic heterocycles. The van der Waals surface area contributed by atoms with Crippen molar-refractivity contribution in [2.45, 2.75) is 13.8 Å². The molecule has 2 heterocycles. The van der Waals surface area contributed by atoms with Crippen LogP contribution in [-0.2, 0) is 0 Å². The third-order valence-electron chi connectivity index (χ3n) is 2.03. The zero-order chi connectivity index (χ0) is 11.0. The maximum atomic E-state index is 5.72. The monoisotopic (exact) mass is 286 g/mol. The molecule has 0 unspecified atom stereocenters. The molecule has 0 aliphatic heterocycles. The van der Waals surface area contributed by atoms with Crippen molar-refractivity contribution in [3.05, 3.63) is 33.4 Å². The summed E-state index contributed by atoms with van der Waals surface area (Å²) in [5.41, 5.74) is 1.91. The smallest absolute Gasteiger partial charge is 0.224 e. The van der Waals surface area contributed by atoms with Crippen molar-refractivity contribution in [3.8, 4) is 5.82 Å². The van der Waals surface area contributed by atoms with Gasteiger partial charge in [0, 0.05) is 12.3 Å². The number of aromatic nitrogens is 4. The molecule has 15 heavy (non-hydrogen) atoms. The molecule has 2 aromatic rings. The Labute approximate surface area is 100 Å². The Balaban J connectivity index is 2.59. The van der Waals surface area contributed by atoms with E-state index in [0.29, 0.717) is 5.82 Å². The number of halogens is 2. The van der Waals surface area contributed by atoms with Gasteiger partial charge in [0.15, 0.2) is 5.82 Å². The third-order valence-corrected chi connectivity index (χ3v) is 3.36. The van der Waals surface area contributed by atoms with Gasteiger partial charge in [0.25, 0.3) is 0 Å². The van der Waals surface area contributed by atoms with Crippen LogP contribution >= 0.6 is 27.5 Å². The molecule has 0 saturated carbocycles. The van der Waals surface area contributed by atoms with E-state index in [9.17, 15) is 0 Å². The predicted molar refractivity (Wildman–Crippen MR) is 61.3 cm³/mol. The SMILES string of the molecule is Cc1nn(-c2ccnc(Cl)n2)c(C)c1Br. The van der Waals surface area contributed by atoms with Crippen LogP contribution in [0.25, 0.3) is 5.82 Å². The average molecular weight is 288 g/mol. The first-order chi connectivity index (χ1) is 7.09. The maximum Gasteiger partial charge on any atom is 0.224 e. The number of hydrogen-bond donors (Lipinski definition) is 0. The second kappa shape index (κ2) is 3.90. The zero-order valence-corrected chi connectivity index (χ0v) is 10.5. The fourth-order valence-corrected chi connectivity index (χ4v) is 1.68. The van der Waals surface area contributed by atoms with Crippen molar-refractivity contribution in [1.29, 1.82) is 0 Å². The van der Waals surface area contributed by atoms with E-state index in [-0.39, 0.29) is 5.28 Å². The molecule has 0 spiro atoms. The molecule has 0 atom stereocenters. The standard InChI is InChI=1S/C9H8BrClN4/c1-5-8(10)6(2)15(14-5)7-3-4-12-9(11)13-7/h3-4H,1-2H3. The molecule has 0 N–H and O–H groups in total. The number of hydrogen-bond acceptors (Lipinski definition) is 3. The van der Waals surface area contributed by atoms with Gasteiger partial charge in [0.1, 0.15) is 0 Å². The molecule has 0 aromatic carbocycles. The molecule has 0 saturated heterocycles. The molecule has 0 bridgehead atoms. The Bertz CT molecular complexity index is 509. The summed E-state index contributed by atoms with van der Waals surface area (Å²) < 4.78 is 2.71. The molecule has 0 radical (unpaired) electrons. The van der Waals surface area contributed by atoms with Gasteiger partial charge in [-0.1, -0.05) is 0 Å². The van der Waals surface area contributed by atoms with Crippen LogP contribution in [0.5, 0.6) is 0 Å². The normalized spacial score (nSPS) is 10.7. The molecular weight excluding hydrogens is 279 g/mol. The highest BCUT2D eigenvalue weighted by Gasteiger charge is 2.11. The summed E-state index contributed by atoms with van der Waals surface area (Å²) in [6.07, 6.45) is 1.61. The van der Waals surface area contributed by atoms with Gasteiger partial charge >= 0.3 is 0 Å². The van der Waals surface area contributed by atoms with E-state index in [1.54, 1.807) is 16.9 Å². The minimum atomic E-state index is 0.219. The Morgan fingerprint density at radius 2 is 2.13 bits per heavy atom. The zero-order valence-electron chi connectivity index (χ0n) is 8.20. The number of aryl methyl sites for hydroxylation is 1. The van der Waals surface area contributed by atoms with E-state index in [1.807, 2.05) is 13.8 Å². The van der Waals surface area contributed by atoms with E-state index in [4.69, 9.17) is 11.6 Å². The third kappa shape index (κ3) is 1.89. The highest BCUT2D eigenvalue weighted by atomic mass is 79.9. The molecular formula is C9H8BrClN4. The van der Waals surface area contributed by atoms with Gasteiger partial charge in [0.2, 0.25) is 5.28 Å². The molecule has 0 fully saturated rings. The van der Waals surface area contributed by atoms with Gasteiger partial charge in [-0.05, 0) is 41.4 Å². The van der Waals surface area contributed by atoms with Crippen LogP contribution in [0.4, 0.5) is 0 Å². The molecule has 0 amide bonds. The first-order valence-electron chi connectivity index (χ1n) is 4.30. The summed E-state index contributed by atoms with van der Waals surface area (Å²) >= 11 is 9.17. The lowest BCUT2D eigenvalue weighted by Gasteiger charge is -2.02. The van der Waals surface area contributed by atoms with Gasteiger partial charge in [-0.25, -0.2) is 9.67 Å². The van der Waals surface area contributed by atoms with Gasteiger partial charge in [-0.15, -0.1) is 0 Å². The lowest BCUT2D eigenvalue weighted by atomic mass is 10.4. The van der Waals surface area contributed by atoms with E-state index in [0.717, 1.165) is 15.9 Å². The molecule has 6 heteroatoms. The van der Waals surface area contributed by atoms with Gasteiger partial charge < -0.3 is 0 Å². The Morgan fingerprint density at radius 3 is 2.67 bits per heavy atom. The highest BCUT2D eigenvalue weighted by molar-refractivity contribution is 9.10. The van der Waals surface area contributed by atoms with Crippen LogP contribution in [0.2, 0.25) is 5.28 Å². The van der Waals surface area contributed by atoms with Crippen molar-refractivity contribution in [1.82, 2.24) is 19.7 Å². The fraction of sp³-hybridized carbons (Fsp3) is 0.222. The van der Waals surface area contributed by atoms with Crippen LogP contribution in [0, 0.1) is 13.8 Å². The maximum absolute atomic E-state index is 5.72. The second-order valence-corrected chi connectivity index (χ2v) is 4.21. The van der Waals surface area contributed by atoms with Crippen molar-refractivity contribution >= 4 is 27.5 Å². The minimum Gasteiger partial charge on any atom is -0.226 e. The van der Waals surface area contributed by atoms with E-state index < -0.39 is 0 Å². The quantitative estimate of drug-likeness (QED) is 0.758. The van der Waals surface area contributed by atoms with Crippen LogP contribution in [-0.4, -0.2) is 19.7 Å². The molecule has 2 rings (SSSR count). The van der Waals surface area contributed by atoms with Crippen LogP contribution in [0.3, 0.4) is 0 Å². The van der Waals surface area contributed by atoms with Crippen molar-refractivity contribution in [3.63, 3.8) is 0 Å². The number of nitrogens with zero attached hydrogens (tertiary/aromatic N) is 4. The lowest BCUT2D eigenvalue weighted by Crippen LogP contribution is -2.02. The highest BCUT2D eigenvalue weighted by Crippen LogP contribution is 2.22. The van der Waals surface area contributed by atoms with Crippen molar-refractivity contribution in [2.75, 3.05) is 0 Å². The average Bonchev–Trinajstić information content (AvgIpc) is 2.46. The molecule has 0 aliphatic rings. The van der Waals surface area contributed by atoms with Crippen molar-refractivity contribution in [2.24, 2.45) is 0 Å². The van der Waals surface area contributed by atoms with Crippen LogP contribution in [0.15, 0.2) is 16.7 Å². The Morgan fingerprint density at radius 1 is 1.40 bits per heavy atom. The first kappa shape index (κ1) is 10.6. The first-order valence-corrected chi connectivity index (χ1v) is 5.47. The van der Waals surface area contributed by atoms with E-state index >= 15 is 0 Å². The second-order valence-electron chi connectivity index (χ2n) is 3.08. The summed E-state index contributed by atoms with van der Waals surface area (Å²) in [4.78, 5) is 7.92. The minimum absolute atomic E-state index is 0.219. The van der Waals surface area contributed by atoms with Crippen LogP contribution in [0.1, 0.15) is 11.4 Å². The van der Waals surface area contributed by atoms with Gasteiger partial charge in [-0.2, -0.15) is 10.1 Å². The fourth-order valence-electron chi connectivity index (χ4n) is 1.29. The Kier molecular flexibility index (Phi) is 2.75. The lowest BCUT2D eigenvalue weighted by molar-refractivity contribution is 0.800. The summed E-state index contributed by atoms with van der Waals surface area (Å²) in [5, 5.41) is 4.56. The largest absolute Gasteiger partial charge is 0.226 e. The molecule has 78 valence electrons. The molecule has 0 aliphatic carbocycles. The van der Waals surface area contributed by atoms with Gasteiger partial charge in [-0.3, -0.25) is 0 Å².